The Balaban J connectivity index is 1.25. The number of aryl methyl sites for hydroxylation is 1. The molecule has 37 heavy (non-hydrogen) atoms. The first-order valence-electron chi connectivity index (χ1n) is 13.0. The third kappa shape index (κ3) is 5.21. The summed E-state index contributed by atoms with van der Waals surface area (Å²) in [6.45, 7) is 0. The number of pyridine rings is 1. The predicted octanol–water partition coefficient (Wildman–Crippen LogP) is 5.58. The van der Waals surface area contributed by atoms with Gasteiger partial charge in [-0.2, -0.15) is 5.10 Å². The van der Waals surface area contributed by atoms with E-state index < -0.39 is 12.0 Å². The molecule has 2 fully saturated rings. The Kier molecular flexibility index (Phi) is 6.62. The van der Waals surface area contributed by atoms with Crippen LogP contribution in [0.15, 0.2) is 36.8 Å². The summed E-state index contributed by atoms with van der Waals surface area (Å²) in [5.41, 5.74) is 5.04. The lowest BCUT2D eigenvalue weighted by Gasteiger charge is -2.35. The van der Waals surface area contributed by atoms with Gasteiger partial charge in [-0.15, -0.1) is 0 Å². The molecule has 3 aromatic heterocycles. The Bertz CT molecular complexity index is 1360. The molecule has 194 valence electrons. The number of hydrogen-bond donors (Lipinski definition) is 2. The van der Waals surface area contributed by atoms with Crippen molar-refractivity contribution in [1.82, 2.24) is 24.9 Å². The minimum absolute atomic E-state index is 0.316. The van der Waals surface area contributed by atoms with E-state index in [1.54, 1.807) is 4.52 Å². The van der Waals surface area contributed by atoms with Gasteiger partial charge in [-0.1, -0.05) is 28.7 Å². The summed E-state index contributed by atoms with van der Waals surface area (Å²) >= 11 is 2.54. The van der Waals surface area contributed by atoms with Crippen LogP contribution in [-0.4, -0.2) is 47.4 Å². The average Bonchev–Trinajstić information content (AvgIpc) is 3.17. The second-order valence-electron chi connectivity index (χ2n) is 10.4. The van der Waals surface area contributed by atoms with Crippen molar-refractivity contribution in [3.63, 3.8) is 0 Å². The summed E-state index contributed by atoms with van der Waals surface area (Å²) in [4.78, 5) is 22.4. The van der Waals surface area contributed by atoms with Gasteiger partial charge in [-0.25, -0.2) is 23.3 Å². The van der Waals surface area contributed by atoms with Crippen molar-refractivity contribution in [3.05, 3.63) is 59.2 Å². The lowest BCUT2D eigenvalue weighted by atomic mass is 9.88. The summed E-state index contributed by atoms with van der Waals surface area (Å²) in [5.74, 6) is -2.36. The average molecular weight is 618 g/mol. The van der Waals surface area contributed by atoms with Gasteiger partial charge in [0.25, 0.3) is 11.8 Å². The van der Waals surface area contributed by atoms with E-state index in [2.05, 4.69) is 49.4 Å². The summed E-state index contributed by atoms with van der Waals surface area (Å²) in [6.07, 6.45) is 14.3. The van der Waals surface area contributed by atoms with Crippen molar-refractivity contribution < 1.29 is 13.6 Å². The smallest absolute Gasteiger partial charge is 0.255 e. The van der Waals surface area contributed by atoms with E-state index in [-0.39, 0.29) is 18.7 Å². The normalized spacial score (nSPS) is 23.5. The number of anilines is 1. The van der Waals surface area contributed by atoms with Gasteiger partial charge in [0.05, 0.1) is 23.0 Å². The van der Waals surface area contributed by atoms with Crippen LogP contribution in [0.25, 0.3) is 11.1 Å². The van der Waals surface area contributed by atoms with Crippen LogP contribution in [0.2, 0.25) is 0 Å². The zero-order chi connectivity index (χ0) is 25.6. The van der Waals surface area contributed by atoms with Crippen molar-refractivity contribution in [3.8, 4) is 0 Å². The number of carbonyl (C=O) groups is 1. The van der Waals surface area contributed by atoms with Crippen LogP contribution in [0.5, 0.6) is 0 Å². The van der Waals surface area contributed by atoms with E-state index in [0.717, 1.165) is 58.4 Å². The van der Waals surface area contributed by atoms with Crippen LogP contribution in [0.1, 0.15) is 78.5 Å². The van der Waals surface area contributed by atoms with E-state index in [0.29, 0.717) is 23.1 Å². The largest absolute Gasteiger partial charge is 0.351 e. The molecular formula is C27H29F2IN6O. The number of halogens is 3. The lowest BCUT2D eigenvalue weighted by Crippen LogP contribution is -2.50. The Morgan fingerprint density at radius 1 is 1.14 bits per heavy atom. The lowest BCUT2D eigenvalue weighted by molar-refractivity contribution is -0.0901. The van der Waals surface area contributed by atoms with Gasteiger partial charge in [-0.3, -0.25) is 4.79 Å². The fraction of sp³-hybridized carbons (Fsp3) is 0.481. The maximum atomic E-state index is 13.2. The van der Waals surface area contributed by atoms with E-state index in [9.17, 15) is 13.6 Å². The van der Waals surface area contributed by atoms with Gasteiger partial charge in [0, 0.05) is 46.8 Å². The number of amides is 1. The molecule has 0 unspecified atom stereocenters. The number of nitrogens with zero attached hydrogens (tertiary/aromatic N) is 4. The molecule has 0 aromatic carbocycles. The van der Waals surface area contributed by atoms with Crippen LogP contribution in [0.4, 0.5) is 14.7 Å². The molecule has 0 radical (unpaired) electrons. The van der Waals surface area contributed by atoms with Gasteiger partial charge >= 0.3 is 0 Å². The number of hydrogen-bond acceptors (Lipinski definition) is 5. The molecule has 0 atom stereocenters. The van der Waals surface area contributed by atoms with Gasteiger partial charge in [0.15, 0.2) is 0 Å². The van der Waals surface area contributed by atoms with Crippen molar-refractivity contribution in [2.24, 2.45) is 0 Å². The van der Waals surface area contributed by atoms with Crippen molar-refractivity contribution in [2.45, 2.75) is 79.7 Å². The standard InChI is InChI=1S/C27H29F2IN6O/c28-27(29)12-19(13-27)33-25(37)22-15-32-36-10-9-16(11-24(22)36)20-3-1-2-4-23-21(20)14-31-26(35-23)34-18-7-5-17(30)6-8-18/h3,9-11,14-15,17-19H,1-2,4-8,12-13H2,(H,33,37)(H,31,34,35). The number of allylic oxidation sites excluding steroid dienone is 1. The molecule has 3 aliphatic carbocycles. The summed E-state index contributed by atoms with van der Waals surface area (Å²) in [7, 11) is 0. The molecule has 7 nitrogen and oxygen atoms in total. The van der Waals surface area contributed by atoms with E-state index in [1.165, 1.54) is 19.0 Å². The molecule has 2 saturated carbocycles. The maximum Gasteiger partial charge on any atom is 0.255 e. The fourth-order valence-electron chi connectivity index (χ4n) is 5.53. The second kappa shape index (κ2) is 9.92. The highest BCUT2D eigenvalue weighted by atomic mass is 127. The van der Waals surface area contributed by atoms with E-state index in [4.69, 9.17) is 4.98 Å². The molecule has 2 N–H and O–H groups in total. The van der Waals surface area contributed by atoms with Crippen LogP contribution in [0.3, 0.4) is 0 Å². The molecule has 0 spiro atoms. The van der Waals surface area contributed by atoms with Crippen LogP contribution < -0.4 is 10.6 Å². The van der Waals surface area contributed by atoms with Gasteiger partial charge in [0.1, 0.15) is 0 Å². The molecule has 6 rings (SSSR count). The Hall–Kier alpha value is -2.63. The summed E-state index contributed by atoms with van der Waals surface area (Å²) in [6, 6.07) is 3.83. The molecule has 10 heteroatoms. The molecule has 0 bridgehead atoms. The molecule has 0 saturated heterocycles. The first-order chi connectivity index (χ1) is 17.8. The van der Waals surface area contributed by atoms with Crippen molar-refractivity contribution in [2.75, 3.05) is 5.32 Å². The van der Waals surface area contributed by atoms with Crippen LogP contribution in [0, 0.1) is 0 Å². The first-order valence-corrected chi connectivity index (χ1v) is 14.2. The van der Waals surface area contributed by atoms with Crippen LogP contribution in [-0.2, 0) is 6.42 Å². The predicted molar refractivity (Wildman–Crippen MR) is 146 cm³/mol. The van der Waals surface area contributed by atoms with Gasteiger partial charge in [0.2, 0.25) is 5.95 Å². The maximum absolute atomic E-state index is 13.2. The quantitative estimate of drug-likeness (QED) is 0.289. The number of rotatable bonds is 5. The fourth-order valence-corrected chi connectivity index (χ4v) is 6.25. The zero-order valence-electron chi connectivity index (χ0n) is 20.4. The number of aromatic nitrogens is 4. The van der Waals surface area contributed by atoms with E-state index >= 15 is 0 Å². The molecular weight excluding hydrogens is 589 g/mol. The summed E-state index contributed by atoms with van der Waals surface area (Å²) in [5, 5.41) is 10.6. The highest BCUT2D eigenvalue weighted by Gasteiger charge is 2.46. The molecule has 0 aliphatic heterocycles. The van der Waals surface area contributed by atoms with Gasteiger partial charge in [-0.05, 0) is 68.2 Å². The summed E-state index contributed by atoms with van der Waals surface area (Å²) < 4.78 is 28.8. The minimum atomic E-state index is -2.68. The number of alkyl halides is 3. The van der Waals surface area contributed by atoms with Crippen molar-refractivity contribution in [1.29, 1.82) is 0 Å². The highest BCUT2D eigenvalue weighted by Crippen LogP contribution is 2.37. The third-order valence-electron chi connectivity index (χ3n) is 7.62. The Morgan fingerprint density at radius 2 is 1.95 bits per heavy atom. The number of nitrogens with one attached hydrogen (secondary N) is 2. The topological polar surface area (TPSA) is 84.2 Å². The molecule has 3 aliphatic rings. The molecule has 3 aromatic rings. The van der Waals surface area contributed by atoms with Gasteiger partial charge < -0.3 is 10.6 Å². The van der Waals surface area contributed by atoms with Crippen molar-refractivity contribution >= 4 is 45.5 Å². The highest BCUT2D eigenvalue weighted by molar-refractivity contribution is 14.1. The monoisotopic (exact) mass is 618 g/mol. The minimum Gasteiger partial charge on any atom is -0.351 e. The molecule has 1 amide bonds. The number of fused-ring (bicyclic) bond motifs is 2. The molecule has 3 heterocycles. The number of carbonyl (C=O) groups excluding carboxylic acids is 1. The van der Waals surface area contributed by atoms with E-state index in [1.807, 2.05) is 24.5 Å². The Morgan fingerprint density at radius 3 is 2.73 bits per heavy atom. The first kappa shape index (κ1) is 24.7. The second-order valence-corrected chi connectivity index (χ2v) is 12.2. The third-order valence-corrected chi connectivity index (χ3v) is 8.86. The zero-order valence-corrected chi connectivity index (χ0v) is 22.5. The Labute approximate surface area is 227 Å². The SMILES string of the molecule is O=C(NC1CC(F)(F)C1)c1cnn2ccc(C3=CCCCc4nc(NC5CCC(I)CC5)ncc43)cc12. The van der Waals surface area contributed by atoms with Crippen LogP contribution >= 0.6 is 22.6 Å².